The van der Waals surface area contributed by atoms with E-state index in [4.69, 9.17) is 10.5 Å². The molecule has 0 bridgehead atoms. The molecule has 0 aliphatic heterocycles. The molecule has 0 saturated carbocycles. The van der Waals surface area contributed by atoms with Crippen molar-refractivity contribution in [2.75, 3.05) is 6.61 Å². The Morgan fingerprint density at radius 2 is 1.94 bits per heavy atom. The van der Waals surface area contributed by atoms with E-state index < -0.39 is 0 Å². The lowest BCUT2D eigenvalue weighted by atomic mass is 10.0. The fourth-order valence-corrected chi connectivity index (χ4v) is 1.74. The van der Waals surface area contributed by atoms with Crippen molar-refractivity contribution in [3.05, 3.63) is 29.6 Å². The van der Waals surface area contributed by atoms with Crippen LogP contribution in [0.3, 0.4) is 0 Å². The van der Waals surface area contributed by atoms with Gasteiger partial charge in [0.15, 0.2) is 0 Å². The summed E-state index contributed by atoms with van der Waals surface area (Å²) in [5.74, 6) is 0.974. The molecule has 1 rings (SSSR count). The Morgan fingerprint density at radius 1 is 1.29 bits per heavy atom. The van der Waals surface area contributed by atoms with Crippen LogP contribution in [0, 0.1) is 11.7 Å². The van der Waals surface area contributed by atoms with Crippen molar-refractivity contribution in [1.29, 1.82) is 0 Å². The smallest absolute Gasteiger partial charge is 0.124 e. The van der Waals surface area contributed by atoms with Crippen LogP contribution >= 0.6 is 0 Å². The van der Waals surface area contributed by atoms with E-state index in [2.05, 4.69) is 13.8 Å². The van der Waals surface area contributed by atoms with Crippen molar-refractivity contribution >= 4 is 0 Å². The molecule has 17 heavy (non-hydrogen) atoms. The van der Waals surface area contributed by atoms with Gasteiger partial charge in [-0.2, -0.15) is 0 Å². The molecule has 1 atom stereocenters. The first-order valence-corrected chi connectivity index (χ1v) is 6.26. The largest absolute Gasteiger partial charge is 0.493 e. The Morgan fingerprint density at radius 3 is 2.47 bits per heavy atom. The number of nitrogens with two attached hydrogens (primary N) is 1. The molecule has 0 spiro atoms. The SMILES string of the molecule is CCC(CC)COc1ccc(F)cc1C(C)N. The van der Waals surface area contributed by atoms with Gasteiger partial charge in [-0.15, -0.1) is 0 Å². The summed E-state index contributed by atoms with van der Waals surface area (Å²) in [6, 6.07) is 4.31. The second-order valence-electron chi connectivity index (χ2n) is 4.46. The second-order valence-corrected chi connectivity index (χ2v) is 4.46. The molecule has 2 N–H and O–H groups in total. The predicted octanol–water partition coefficient (Wildman–Crippen LogP) is 3.66. The molecule has 96 valence electrons. The highest BCUT2D eigenvalue weighted by Gasteiger charge is 2.11. The summed E-state index contributed by atoms with van der Waals surface area (Å²) in [5, 5.41) is 0. The molecule has 2 nitrogen and oxygen atoms in total. The minimum absolute atomic E-state index is 0.220. The Balaban J connectivity index is 2.76. The number of rotatable bonds is 6. The van der Waals surface area contributed by atoms with E-state index in [0.717, 1.165) is 18.4 Å². The van der Waals surface area contributed by atoms with Crippen LogP contribution in [-0.4, -0.2) is 6.61 Å². The highest BCUT2D eigenvalue weighted by atomic mass is 19.1. The fourth-order valence-electron chi connectivity index (χ4n) is 1.74. The first-order chi connectivity index (χ1) is 8.08. The summed E-state index contributed by atoms with van der Waals surface area (Å²) in [6.45, 7) is 6.79. The van der Waals surface area contributed by atoms with E-state index in [0.29, 0.717) is 18.3 Å². The Hall–Kier alpha value is -1.09. The predicted molar refractivity (Wildman–Crippen MR) is 68.6 cm³/mol. The van der Waals surface area contributed by atoms with Crippen molar-refractivity contribution in [1.82, 2.24) is 0 Å². The van der Waals surface area contributed by atoms with Gasteiger partial charge in [0.2, 0.25) is 0 Å². The van der Waals surface area contributed by atoms with Gasteiger partial charge in [0, 0.05) is 11.6 Å². The van der Waals surface area contributed by atoms with Crippen LogP contribution < -0.4 is 10.5 Å². The van der Waals surface area contributed by atoms with Gasteiger partial charge in [-0.3, -0.25) is 0 Å². The molecular weight excluding hydrogens is 217 g/mol. The van der Waals surface area contributed by atoms with Gasteiger partial charge >= 0.3 is 0 Å². The maximum Gasteiger partial charge on any atom is 0.124 e. The number of halogens is 1. The van der Waals surface area contributed by atoms with Crippen molar-refractivity contribution in [2.45, 2.75) is 39.7 Å². The summed E-state index contributed by atoms with van der Waals surface area (Å²) in [7, 11) is 0. The van der Waals surface area contributed by atoms with E-state index >= 15 is 0 Å². The quantitative estimate of drug-likeness (QED) is 0.822. The molecule has 0 aliphatic rings. The zero-order valence-electron chi connectivity index (χ0n) is 10.9. The van der Waals surface area contributed by atoms with Crippen molar-refractivity contribution < 1.29 is 9.13 Å². The third kappa shape index (κ3) is 4.00. The lowest BCUT2D eigenvalue weighted by molar-refractivity contribution is 0.237. The van der Waals surface area contributed by atoms with Gasteiger partial charge in [-0.25, -0.2) is 4.39 Å². The minimum Gasteiger partial charge on any atom is -0.493 e. The van der Waals surface area contributed by atoms with Crippen molar-refractivity contribution in [2.24, 2.45) is 11.7 Å². The topological polar surface area (TPSA) is 35.2 Å². The molecule has 0 radical (unpaired) electrons. The van der Waals surface area contributed by atoms with Crippen LogP contribution in [-0.2, 0) is 0 Å². The van der Waals surface area contributed by atoms with E-state index in [-0.39, 0.29) is 11.9 Å². The van der Waals surface area contributed by atoms with E-state index in [1.54, 1.807) is 6.07 Å². The summed E-state index contributed by atoms with van der Waals surface area (Å²) < 4.78 is 18.9. The molecule has 3 heteroatoms. The molecule has 1 unspecified atom stereocenters. The molecule has 0 amide bonds. The van der Waals surface area contributed by atoms with E-state index in [1.807, 2.05) is 6.92 Å². The minimum atomic E-state index is -0.271. The molecule has 1 aromatic carbocycles. The first-order valence-electron chi connectivity index (χ1n) is 6.26. The van der Waals surface area contributed by atoms with Crippen LogP contribution in [0.4, 0.5) is 4.39 Å². The van der Waals surface area contributed by atoms with Gasteiger partial charge in [-0.05, 0) is 31.0 Å². The highest BCUT2D eigenvalue weighted by molar-refractivity contribution is 5.36. The first kappa shape index (κ1) is 14.0. The van der Waals surface area contributed by atoms with Crippen LogP contribution in [0.1, 0.15) is 45.2 Å². The Bertz CT molecular complexity index is 348. The number of benzene rings is 1. The molecular formula is C14H22FNO. The standard InChI is InChI=1S/C14H22FNO/c1-4-11(5-2)9-17-14-7-6-12(15)8-13(14)10(3)16/h6-8,10-11H,4-5,9,16H2,1-3H3. The van der Waals surface area contributed by atoms with Crippen molar-refractivity contribution in [3.8, 4) is 5.75 Å². The van der Waals surface area contributed by atoms with Gasteiger partial charge in [-0.1, -0.05) is 26.7 Å². The summed E-state index contributed by atoms with van der Waals surface area (Å²) >= 11 is 0. The summed E-state index contributed by atoms with van der Waals surface area (Å²) in [5.41, 5.74) is 6.54. The third-order valence-corrected chi connectivity index (χ3v) is 3.09. The van der Waals surface area contributed by atoms with E-state index in [9.17, 15) is 4.39 Å². The molecule has 0 heterocycles. The van der Waals surface area contributed by atoms with Gasteiger partial charge < -0.3 is 10.5 Å². The van der Waals surface area contributed by atoms with Crippen LogP contribution in [0.2, 0.25) is 0 Å². The van der Waals surface area contributed by atoms with Crippen molar-refractivity contribution in [3.63, 3.8) is 0 Å². The van der Waals surface area contributed by atoms with Crippen LogP contribution in [0.25, 0.3) is 0 Å². The maximum atomic E-state index is 13.1. The lowest BCUT2D eigenvalue weighted by Gasteiger charge is -2.17. The zero-order chi connectivity index (χ0) is 12.8. The summed E-state index contributed by atoms with van der Waals surface area (Å²) in [4.78, 5) is 0. The molecule has 0 saturated heterocycles. The van der Waals surface area contributed by atoms with E-state index in [1.165, 1.54) is 12.1 Å². The average molecular weight is 239 g/mol. The van der Waals surface area contributed by atoms with Crippen LogP contribution in [0.5, 0.6) is 5.75 Å². The molecule has 1 aromatic rings. The number of ether oxygens (including phenoxy) is 1. The highest BCUT2D eigenvalue weighted by Crippen LogP contribution is 2.25. The summed E-state index contributed by atoms with van der Waals surface area (Å²) in [6.07, 6.45) is 2.18. The third-order valence-electron chi connectivity index (χ3n) is 3.09. The van der Waals surface area contributed by atoms with Gasteiger partial charge in [0.25, 0.3) is 0 Å². The zero-order valence-corrected chi connectivity index (χ0v) is 10.9. The second kappa shape index (κ2) is 6.60. The van der Waals surface area contributed by atoms with Gasteiger partial charge in [0.05, 0.1) is 6.61 Å². The Labute approximate surface area is 103 Å². The molecule has 0 aromatic heterocycles. The normalized spacial score (nSPS) is 12.8. The number of hydrogen-bond donors (Lipinski definition) is 1. The Kier molecular flexibility index (Phi) is 5.42. The van der Waals surface area contributed by atoms with Gasteiger partial charge in [0.1, 0.15) is 11.6 Å². The number of hydrogen-bond acceptors (Lipinski definition) is 2. The average Bonchev–Trinajstić information content (AvgIpc) is 2.31. The monoisotopic (exact) mass is 239 g/mol. The lowest BCUT2D eigenvalue weighted by Crippen LogP contribution is -2.13. The maximum absolute atomic E-state index is 13.1. The molecule has 0 aliphatic carbocycles. The van der Waals surface area contributed by atoms with Crippen LogP contribution in [0.15, 0.2) is 18.2 Å². The molecule has 0 fully saturated rings. The fraction of sp³-hybridized carbons (Fsp3) is 0.571.